The highest BCUT2D eigenvalue weighted by Gasteiger charge is 2.21. The smallest absolute Gasteiger partial charge is 0.149 e. The van der Waals surface area contributed by atoms with Gasteiger partial charge in [0.15, 0.2) is 0 Å². The lowest BCUT2D eigenvalue weighted by Gasteiger charge is -2.20. The molecule has 1 aromatic carbocycles. The Morgan fingerprint density at radius 2 is 1.83 bits per heavy atom. The molecular formula is C14H14F2N2. The van der Waals surface area contributed by atoms with Crippen molar-refractivity contribution in [3.8, 4) is 0 Å². The van der Waals surface area contributed by atoms with E-state index in [4.69, 9.17) is 0 Å². The molecule has 1 aliphatic rings. The zero-order chi connectivity index (χ0) is 12.7. The van der Waals surface area contributed by atoms with Crippen LogP contribution in [0.1, 0.15) is 24.1 Å². The molecule has 0 saturated heterocycles. The Morgan fingerprint density at radius 1 is 1.11 bits per heavy atom. The van der Waals surface area contributed by atoms with Crippen molar-refractivity contribution in [3.05, 3.63) is 35.0 Å². The molecule has 0 bridgehead atoms. The quantitative estimate of drug-likeness (QED) is 0.836. The molecule has 4 heteroatoms. The van der Waals surface area contributed by atoms with Gasteiger partial charge in [-0.15, -0.1) is 0 Å². The number of benzene rings is 1. The lowest BCUT2D eigenvalue weighted by Crippen LogP contribution is -2.10. The number of hydrogen-bond donors (Lipinski definition) is 1. The van der Waals surface area contributed by atoms with Gasteiger partial charge in [-0.25, -0.2) is 13.8 Å². The molecule has 0 spiro atoms. The van der Waals surface area contributed by atoms with Crippen molar-refractivity contribution in [2.75, 3.05) is 12.4 Å². The van der Waals surface area contributed by atoms with Crippen LogP contribution in [0.2, 0.25) is 0 Å². The number of nitrogens with one attached hydrogen (secondary N) is 1. The molecule has 0 fully saturated rings. The van der Waals surface area contributed by atoms with Crippen molar-refractivity contribution in [3.63, 3.8) is 0 Å². The van der Waals surface area contributed by atoms with Gasteiger partial charge in [0, 0.05) is 12.7 Å². The summed E-state index contributed by atoms with van der Waals surface area (Å²) < 4.78 is 27.7. The molecule has 1 N–H and O–H groups in total. The highest BCUT2D eigenvalue weighted by molar-refractivity contribution is 5.94. The number of rotatable bonds is 1. The van der Waals surface area contributed by atoms with Gasteiger partial charge in [-0.1, -0.05) is 0 Å². The average molecular weight is 248 g/mol. The third kappa shape index (κ3) is 1.55. The van der Waals surface area contributed by atoms with Gasteiger partial charge in [-0.2, -0.15) is 0 Å². The van der Waals surface area contributed by atoms with Crippen LogP contribution in [0.15, 0.2) is 12.1 Å². The fourth-order valence-electron chi connectivity index (χ4n) is 2.73. The van der Waals surface area contributed by atoms with Gasteiger partial charge in [0.25, 0.3) is 0 Å². The monoisotopic (exact) mass is 248 g/mol. The van der Waals surface area contributed by atoms with Gasteiger partial charge in [0.1, 0.15) is 17.2 Å². The average Bonchev–Trinajstić information content (AvgIpc) is 2.41. The molecule has 0 atom stereocenters. The predicted octanol–water partition coefficient (Wildman–Crippen LogP) is 3.43. The first-order valence-electron chi connectivity index (χ1n) is 6.19. The molecule has 0 unspecified atom stereocenters. The van der Waals surface area contributed by atoms with Crippen molar-refractivity contribution in [1.29, 1.82) is 0 Å². The van der Waals surface area contributed by atoms with Crippen LogP contribution < -0.4 is 5.32 Å². The van der Waals surface area contributed by atoms with Crippen LogP contribution in [-0.4, -0.2) is 12.0 Å². The molecule has 3 rings (SSSR count). The van der Waals surface area contributed by atoms with E-state index in [1.54, 1.807) is 7.05 Å². The summed E-state index contributed by atoms with van der Waals surface area (Å²) in [6.07, 6.45) is 3.86. The van der Waals surface area contributed by atoms with Gasteiger partial charge in [-0.3, -0.25) is 0 Å². The third-order valence-electron chi connectivity index (χ3n) is 3.57. The molecular weight excluding hydrogens is 234 g/mol. The van der Waals surface area contributed by atoms with Crippen molar-refractivity contribution in [1.82, 2.24) is 4.98 Å². The number of aryl methyl sites for hydroxylation is 1. The third-order valence-corrected chi connectivity index (χ3v) is 3.57. The molecule has 94 valence electrons. The van der Waals surface area contributed by atoms with Crippen molar-refractivity contribution >= 4 is 16.6 Å². The second-order valence-electron chi connectivity index (χ2n) is 4.62. The zero-order valence-corrected chi connectivity index (χ0v) is 10.2. The van der Waals surface area contributed by atoms with Crippen molar-refractivity contribution < 1.29 is 8.78 Å². The second-order valence-corrected chi connectivity index (χ2v) is 4.62. The summed E-state index contributed by atoms with van der Waals surface area (Å²) in [4.78, 5) is 4.33. The van der Waals surface area contributed by atoms with E-state index >= 15 is 0 Å². The number of hydrogen-bond acceptors (Lipinski definition) is 2. The standard InChI is InChI=1S/C14H14F2N2/c1-17-13-8-4-2-3-5-11(8)18-14-10(16)7-6-9(15)12(13)14/h6-7H,2-5H2,1H3,(H,17,18). The van der Waals surface area contributed by atoms with Crippen LogP contribution in [0.25, 0.3) is 10.9 Å². The van der Waals surface area contributed by atoms with Gasteiger partial charge in [-0.05, 0) is 43.4 Å². The Bertz CT molecular complexity index is 623. The fraction of sp³-hybridized carbons (Fsp3) is 0.357. The maximum absolute atomic E-state index is 13.9. The van der Waals surface area contributed by atoms with E-state index in [0.717, 1.165) is 49.1 Å². The Hall–Kier alpha value is -1.71. The first-order chi connectivity index (χ1) is 8.72. The minimum absolute atomic E-state index is 0.139. The topological polar surface area (TPSA) is 24.9 Å². The van der Waals surface area contributed by atoms with E-state index in [-0.39, 0.29) is 10.9 Å². The lowest BCUT2D eigenvalue weighted by molar-refractivity contribution is 0.611. The van der Waals surface area contributed by atoms with Crippen LogP contribution >= 0.6 is 0 Å². The molecule has 2 nitrogen and oxygen atoms in total. The SMILES string of the molecule is CNc1c2c(nc3c(F)ccc(F)c13)CCCC2. The molecule has 0 amide bonds. The van der Waals surface area contributed by atoms with E-state index in [9.17, 15) is 8.78 Å². The minimum Gasteiger partial charge on any atom is -0.387 e. The van der Waals surface area contributed by atoms with Crippen molar-refractivity contribution in [2.24, 2.45) is 0 Å². The predicted molar refractivity (Wildman–Crippen MR) is 67.8 cm³/mol. The van der Waals surface area contributed by atoms with Crippen LogP contribution in [0.3, 0.4) is 0 Å². The molecule has 0 radical (unpaired) electrons. The Kier molecular flexibility index (Phi) is 2.65. The van der Waals surface area contributed by atoms with Crippen molar-refractivity contribution in [2.45, 2.75) is 25.7 Å². The highest BCUT2D eigenvalue weighted by Crippen LogP contribution is 2.35. The summed E-state index contributed by atoms with van der Waals surface area (Å²) in [5.74, 6) is -0.882. The van der Waals surface area contributed by atoms with Crippen LogP contribution in [-0.2, 0) is 12.8 Å². The fourth-order valence-corrected chi connectivity index (χ4v) is 2.73. The summed E-state index contributed by atoms with van der Waals surface area (Å²) in [6, 6.07) is 2.30. The molecule has 1 heterocycles. The minimum atomic E-state index is -0.462. The summed E-state index contributed by atoms with van der Waals surface area (Å²) in [6.45, 7) is 0. The van der Waals surface area contributed by atoms with Gasteiger partial charge in [0.2, 0.25) is 0 Å². The zero-order valence-electron chi connectivity index (χ0n) is 10.2. The second kappa shape index (κ2) is 4.19. The Labute approximate surface area is 104 Å². The maximum Gasteiger partial charge on any atom is 0.149 e. The maximum atomic E-state index is 13.9. The lowest BCUT2D eigenvalue weighted by atomic mass is 9.92. The number of aromatic nitrogens is 1. The molecule has 1 aromatic heterocycles. The van der Waals surface area contributed by atoms with E-state index in [2.05, 4.69) is 10.3 Å². The molecule has 1 aliphatic carbocycles. The molecule has 18 heavy (non-hydrogen) atoms. The van der Waals surface area contributed by atoms with Gasteiger partial charge < -0.3 is 5.32 Å². The number of pyridine rings is 1. The first kappa shape index (κ1) is 11.4. The van der Waals surface area contributed by atoms with Crippen LogP contribution in [0, 0.1) is 11.6 Å². The highest BCUT2D eigenvalue weighted by atomic mass is 19.1. The summed E-state index contributed by atoms with van der Waals surface area (Å²) in [5.41, 5.74) is 2.79. The normalized spacial score (nSPS) is 14.6. The first-order valence-corrected chi connectivity index (χ1v) is 6.19. The van der Waals surface area contributed by atoms with E-state index in [1.807, 2.05) is 0 Å². The van der Waals surface area contributed by atoms with Gasteiger partial charge >= 0.3 is 0 Å². The molecule has 0 aliphatic heterocycles. The largest absolute Gasteiger partial charge is 0.387 e. The number of anilines is 1. The summed E-state index contributed by atoms with van der Waals surface area (Å²) in [7, 11) is 1.74. The van der Waals surface area contributed by atoms with E-state index in [1.165, 1.54) is 0 Å². The number of fused-ring (bicyclic) bond motifs is 2. The Morgan fingerprint density at radius 3 is 2.61 bits per heavy atom. The van der Waals surface area contributed by atoms with E-state index < -0.39 is 11.6 Å². The summed E-state index contributed by atoms with van der Waals surface area (Å²) >= 11 is 0. The Balaban J connectivity index is 2.44. The number of nitrogens with zero attached hydrogens (tertiary/aromatic N) is 1. The van der Waals surface area contributed by atoms with Gasteiger partial charge in [0.05, 0.1) is 11.1 Å². The van der Waals surface area contributed by atoms with Crippen LogP contribution in [0.5, 0.6) is 0 Å². The van der Waals surface area contributed by atoms with E-state index in [0.29, 0.717) is 5.69 Å². The molecule has 0 saturated carbocycles. The summed E-state index contributed by atoms with van der Waals surface area (Å²) in [5, 5.41) is 3.30. The van der Waals surface area contributed by atoms with Crippen LogP contribution in [0.4, 0.5) is 14.5 Å². The number of halogens is 2. The molecule has 2 aromatic rings.